The molecule has 7 heteroatoms. The highest BCUT2D eigenvalue weighted by Crippen LogP contribution is 2.38. The maximum Gasteiger partial charge on any atom is 0.326 e. The van der Waals surface area contributed by atoms with E-state index in [4.69, 9.17) is 5.73 Å². The molecule has 2 amide bonds. The number of unbranched alkanes of at least 4 members (excludes halogenated alkanes) is 3. The molecule has 1 atom stereocenters. The van der Waals surface area contributed by atoms with Gasteiger partial charge in [-0.05, 0) is 61.1 Å². The van der Waals surface area contributed by atoms with Crippen LogP contribution in [0.5, 0.6) is 0 Å². The summed E-state index contributed by atoms with van der Waals surface area (Å²) >= 11 is 0. The number of carbonyl (C=O) groups excluding carboxylic acids is 2. The number of hydrogen-bond acceptors (Lipinski definition) is 4. The molecule has 0 aromatic heterocycles. The fourth-order valence-electron chi connectivity index (χ4n) is 5.35. The van der Waals surface area contributed by atoms with Gasteiger partial charge in [-0.15, -0.1) is 0 Å². The van der Waals surface area contributed by atoms with E-state index in [0.717, 1.165) is 48.8 Å². The van der Waals surface area contributed by atoms with Gasteiger partial charge in [0.15, 0.2) is 0 Å². The van der Waals surface area contributed by atoms with Crippen LogP contribution in [0.15, 0.2) is 78.9 Å². The summed E-state index contributed by atoms with van der Waals surface area (Å²) in [6, 6.07) is 23.5. The van der Waals surface area contributed by atoms with Crippen molar-refractivity contribution in [1.29, 1.82) is 0 Å². The molecule has 0 bridgehead atoms. The number of anilines is 1. The number of nitrogens with two attached hydrogens (primary N) is 1. The topological polar surface area (TPSA) is 104 Å². The van der Waals surface area contributed by atoms with Gasteiger partial charge in [-0.1, -0.05) is 86.5 Å². The minimum Gasteiger partial charge on any atom is -0.480 e. The van der Waals surface area contributed by atoms with Crippen LogP contribution in [0.3, 0.4) is 0 Å². The Bertz CT molecular complexity index is 1240. The zero-order valence-corrected chi connectivity index (χ0v) is 22.5. The van der Waals surface area contributed by atoms with Crippen LogP contribution in [-0.4, -0.2) is 46.9 Å². The predicted molar refractivity (Wildman–Crippen MR) is 153 cm³/mol. The first-order chi connectivity index (χ1) is 19.0. The molecule has 0 fully saturated rings. The molecule has 0 spiro atoms. The Morgan fingerprint density at radius 1 is 0.897 bits per heavy atom. The molecule has 7 nitrogen and oxygen atoms in total. The van der Waals surface area contributed by atoms with Crippen LogP contribution >= 0.6 is 0 Å². The fraction of sp³-hybridized carbons (Fsp3) is 0.344. The molecule has 0 saturated heterocycles. The third kappa shape index (κ3) is 6.37. The summed E-state index contributed by atoms with van der Waals surface area (Å²) in [6.45, 7) is 2.08. The number of fused-ring (bicyclic) bond motifs is 1. The second-order valence-corrected chi connectivity index (χ2v) is 9.99. The summed E-state index contributed by atoms with van der Waals surface area (Å²) in [4.78, 5) is 43.0. The molecular formula is C32H37N3O4. The number of amides is 2. The van der Waals surface area contributed by atoms with Crippen molar-refractivity contribution in [2.24, 2.45) is 5.73 Å². The third-order valence-electron chi connectivity index (χ3n) is 7.34. The van der Waals surface area contributed by atoms with Crippen molar-refractivity contribution < 1.29 is 19.5 Å². The highest BCUT2D eigenvalue weighted by Gasteiger charge is 2.40. The predicted octanol–water partition coefficient (Wildman–Crippen LogP) is 5.19. The van der Waals surface area contributed by atoms with E-state index >= 15 is 0 Å². The molecule has 3 aromatic carbocycles. The van der Waals surface area contributed by atoms with Crippen molar-refractivity contribution in [2.45, 2.75) is 57.5 Å². The van der Waals surface area contributed by atoms with E-state index in [9.17, 15) is 19.5 Å². The molecule has 1 aliphatic heterocycles. The van der Waals surface area contributed by atoms with Crippen LogP contribution in [0.2, 0.25) is 0 Å². The van der Waals surface area contributed by atoms with E-state index in [2.05, 4.69) is 0 Å². The van der Waals surface area contributed by atoms with Crippen LogP contribution in [0.25, 0.3) is 0 Å². The van der Waals surface area contributed by atoms with Gasteiger partial charge >= 0.3 is 5.97 Å². The quantitative estimate of drug-likeness (QED) is 0.316. The van der Waals surface area contributed by atoms with E-state index in [1.165, 1.54) is 4.90 Å². The number of aryl methyl sites for hydroxylation is 1. The number of carboxylic acids is 1. The molecule has 4 rings (SSSR count). The number of carbonyl (C=O) groups is 3. The second kappa shape index (κ2) is 13.2. The summed E-state index contributed by atoms with van der Waals surface area (Å²) in [7, 11) is 0. The van der Waals surface area contributed by atoms with E-state index in [1.807, 2.05) is 78.9 Å². The van der Waals surface area contributed by atoms with E-state index < -0.39 is 24.0 Å². The summed E-state index contributed by atoms with van der Waals surface area (Å²) < 4.78 is 0. The molecule has 204 valence electrons. The van der Waals surface area contributed by atoms with Crippen LogP contribution in [0, 0.1) is 0 Å². The van der Waals surface area contributed by atoms with Crippen molar-refractivity contribution in [1.82, 2.24) is 4.90 Å². The number of hydrogen-bond donors (Lipinski definition) is 2. The van der Waals surface area contributed by atoms with Gasteiger partial charge in [0.25, 0.3) is 5.91 Å². The number of rotatable bonds is 12. The smallest absolute Gasteiger partial charge is 0.326 e. The zero-order valence-electron chi connectivity index (χ0n) is 22.5. The first-order valence-corrected chi connectivity index (χ1v) is 13.7. The lowest BCUT2D eigenvalue weighted by Gasteiger charge is -2.33. The van der Waals surface area contributed by atoms with Crippen LogP contribution in [0.4, 0.5) is 5.69 Å². The average molecular weight is 528 g/mol. The second-order valence-electron chi connectivity index (χ2n) is 9.99. The van der Waals surface area contributed by atoms with Gasteiger partial charge in [0.2, 0.25) is 5.91 Å². The Morgan fingerprint density at radius 3 is 2.08 bits per heavy atom. The van der Waals surface area contributed by atoms with E-state index in [-0.39, 0.29) is 18.9 Å². The lowest BCUT2D eigenvalue weighted by Crippen LogP contribution is -2.48. The maximum absolute atomic E-state index is 14.1. The summed E-state index contributed by atoms with van der Waals surface area (Å²) in [5.74, 6) is -1.87. The molecule has 0 radical (unpaired) electrons. The number of benzene rings is 3. The van der Waals surface area contributed by atoms with E-state index in [1.54, 1.807) is 11.8 Å². The molecule has 0 saturated carbocycles. The van der Waals surface area contributed by atoms with Crippen molar-refractivity contribution in [3.8, 4) is 0 Å². The molecular weight excluding hydrogens is 490 g/mol. The Balaban J connectivity index is 1.83. The Morgan fingerprint density at radius 2 is 1.51 bits per heavy atom. The lowest BCUT2D eigenvalue weighted by molar-refractivity contribution is -0.142. The van der Waals surface area contributed by atoms with Crippen molar-refractivity contribution in [2.75, 3.05) is 18.0 Å². The molecule has 1 heterocycles. The standard InChI is InChI=1S/C32H37N3O4/c1-2-27(32(38)39)34-22-29(36)35(30(24-14-8-5-9-15-24)25-16-10-6-11-17-25)28-19-18-23(21-26(28)31(34)37)13-7-3-4-12-20-33/h5-6,8-11,14-19,21,27,30H,2-4,7,12-13,20,22,33H2,1H3,(H,38,39). The van der Waals surface area contributed by atoms with Gasteiger partial charge in [-0.25, -0.2) is 4.79 Å². The third-order valence-corrected chi connectivity index (χ3v) is 7.34. The van der Waals surface area contributed by atoms with Crippen molar-refractivity contribution in [3.05, 3.63) is 101 Å². The lowest BCUT2D eigenvalue weighted by atomic mass is 9.95. The normalized spacial score (nSPS) is 14.3. The van der Waals surface area contributed by atoms with Gasteiger partial charge in [-0.3, -0.25) is 14.5 Å². The van der Waals surface area contributed by atoms with Crippen LogP contribution in [0.1, 0.15) is 72.1 Å². The number of carboxylic acid groups (broad SMARTS) is 1. The van der Waals surface area contributed by atoms with E-state index in [0.29, 0.717) is 17.8 Å². The molecule has 3 N–H and O–H groups in total. The van der Waals surface area contributed by atoms with Gasteiger partial charge in [-0.2, -0.15) is 0 Å². The number of aliphatic carboxylic acids is 1. The highest BCUT2D eigenvalue weighted by atomic mass is 16.4. The van der Waals surface area contributed by atoms with Gasteiger partial charge < -0.3 is 15.7 Å². The zero-order chi connectivity index (χ0) is 27.8. The first-order valence-electron chi connectivity index (χ1n) is 13.7. The Hall–Kier alpha value is -3.97. The SMILES string of the molecule is CCC(C(=O)O)N1CC(=O)N(C(c2ccccc2)c2ccccc2)c2ccc(CCCCCCN)cc2C1=O. The van der Waals surface area contributed by atoms with Gasteiger partial charge in [0.05, 0.1) is 17.3 Å². The van der Waals surface area contributed by atoms with Gasteiger partial charge in [0.1, 0.15) is 12.6 Å². The molecule has 3 aromatic rings. The molecule has 0 aliphatic carbocycles. The number of nitrogens with zero attached hydrogens (tertiary/aromatic N) is 2. The molecule has 1 aliphatic rings. The average Bonchev–Trinajstić information content (AvgIpc) is 3.05. The summed E-state index contributed by atoms with van der Waals surface area (Å²) in [6.07, 6.45) is 5.04. The van der Waals surface area contributed by atoms with Crippen molar-refractivity contribution >= 4 is 23.5 Å². The first kappa shape index (κ1) is 28.0. The summed E-state index contributed by atoms with van der Waals surface area (Å²) in [5, 5.41) is 9.91. The molecule has 1 unspecified atom stereocenters. The summed E-state index contributed by atoms with van der Waals surface area (Å²) in [5.41, 5.74) is 9.26. The highest BCUT2D eigenvalue weighted by molar-refractivity contribution is 6.11. The van der Waals surface area contributed by atoms with Crippen molar-refractivity contribution in [3.63, 3.8) is 0 Å². The van der Waals surface area contributed by atoms with Crippen LogP contribution in [-0.2, 0) is 16.0 Å². The maximum atomic E-state index is 14.1. The minimum absolute atomic E-state index is 0.200. The Kier molecular flexibility index (Phi) is 9.49. The van der Waals surface area contributed by atoms with Crippen LogP contribution < -0.4 is 10.6 Å². The fourth-order valence-corrected chi connectivity index (χ4v) is 5.35. The monoisotopic (exact) mass is 527 g/mol. The Labute approximate surface area is 230 Å². The molecule has 39 heavy (non-hydrogen) atoms. The van der Waals surface area contributed by atoms with Gasteiger partial charge in [0, 0.05) is 0 Å². The minimum atomic E-state index is -1.12. The largest absolute Gasteiger partial charge is 0.480 e.